The van der Waals surface area contributed by atoms with Crippen LogP contribution in [-0.4, -0.2) is 39.0 Å². The van der Waals surface area contributed by atoms with Gasteiger partial charge in [0.15, 0.2) is 5.84 Å². The summed E-state index contributed by atoms with van der Waals surface area (Å²) < 4.78 is 15.0. The van der Waals surface area contributed by atoms with Crippen molar-refractivity contribution in [3.8, 4) is 28.1 Å². The van der Waals surface area contributed by atoms with E-state index in [9.17, 15) is 9.18 Å². The number of thiophene rings is 1. The monoisotopic (exact) mass is 592 g/mol. The zero-order valence-electron chi connectivity index (χ0n) is 22.6. The molecule has 40 heavy (non-hydrogen) atoms. The number of benzene rings is 2. The predicted molar refractivity (Wildman–Crippen MR) is 161 cm³/mol. The Hall–Kier alpha value is -3.44. The third-order valence-electron chi connectivity index (χ3n) is 7.08. The van der Waals surface area contributed by atoms with Crippen molar-refractivity contribution >= 4 is 46.3 Å². The molecule has 0 radical (unpaired) electrons. The average Bonchev–Trinajstić information content (AvgIpc) is 3.59. The highest BCUT2D eigenvalue weighted by molar-refractivity contribution is 7.16. The fourth-order valence-corrected chi connectivity index (χ4v) is 5.94. The second-order valence-corrected chi connectivity index (χ2v) is 11.9. The fraction of sp³-hybridized carbons (Fsp3) is 0.258. The Bertz CT molecular complexity index is 1690. The summed E-state index contributed by atoms with van der Waals surface area (Å²) in [5.74, 6) is 6.59. The van der Waals surface area contributed by atoms with E-state index >= 15 is 0 Å². The van der Waals surface area contributed by atoms with Gasteiger partial charge in [-0.25, -0.2) is 9.07 Å². The van der Waals surface area contributed by atoms with Gasteiger partial charge < -0.3 is 4.90 Å². The summed E-state index contributed by atoms with van der Waals surface area (Å²) in [7, 11) is 1.86. The number of carbonyl (C=O) groups excluding carboxylic acids is 1. The van der Waals surface area contributed by atoms with E-state index in [1.54, 1.807) is 35.6 Å². The number of hydrogen-bond donors (Lipinski definition) is 0. The van der Waals surface area contributed by atoms with Gasteiger partial charge in [-0.15, -0.1) is 11.3 Å². The van der Waals surface area contributed by atoms with Gasteiger partial charge in [-0.3, -0.25) is 4.79 Å². The molecular weight excluding hydrogens is 566 g/mol. The molecule has 5 nitrogen and oxygen atoms in total. The average molecular weight is 594 g/mol. The van der Waals surface area contributed by atoms with Gasteiger partial charge >= 0.3 is 0 Å². The molecule has 9 heteroatoms. The Kier molecular flexibility index (Phi) is 7.87. The lowest BCUT2D eigenvalue weighted by atomic mass is 10.0. The first-order chi connectivity index (χ1) is 19.1. The van der Waals surface area contributed by atoms with Crippen molar-refractivity contribution in [3.63, 3.8) is 0 Å². The molecule has 0 saturated heterocycles. The molecular formula is C31H27Cl2FN4OS. The van der Waals surface area contributed by atoms with E-state index in [1.165, 1.54) is 12.1 Å². The normalized spacial score (nSPS) is 14.3. The molecule has 2 aromatic heterocycles. The van der Waals surface area contributed by atoms with E-state index in [2.05, 4.69) is 23.8 Å². The third-order valence-corrected chi connectivity index (χ3v) is 8.62. The number of aromatic nitrogens is 2. The predicted octanol–water partition coefficient (Wildman–Crippen LogP) is 7.59. The number of carbonyl (C=O) groups is 1. The molecule has 0 saturated carbocycles. The number of aliphatic imine (C=N–C) groups is 1. The smallest absolute Gasteiger partial charge is 0.273 e. The molecule has 2 aromatic carbocycles. The molecule has 1 aliphatic heterocycles. The Labute approximate surface area is 247 Å². The van der Waals surface area contributed by atoms with Gasteiger partial charge in [-0.1, -0.05) is 54.1 Å². The van der Waals surface area contributed by atoms with Crippen LogP contribution < -0.4 is 0 Å². The number of rotatable bonds is 6. The number of likely N-dealkylation sites (N-methyl/N-ethyl adjacent to an activating group) is 1. The molecule has 4 aromatic rings. The maximum absolute atomic E-state index is 13.2. The number of hydrogen-bond acceptors (Lipinski definition) is 4. The van der Waals surface area contributed by atoms with Crippen LogP contribution in [0.2, 0.25) is 10.0 Å². The van der Waals surface area contributed by atoms with E-state index in [-0.39, 0.29) is 11.7 Å². The lowest BCUT2D eigenvalue weighted by Gasteiger charge is -2.27. The fourth-order valence-electron chi connectivity index (χ4n) is 4.51. The van der Waals surface area contributed by atoms with Crippen molar-refractivity contribution in [1.29, 1.82) is 0 Å². The minimum atomic E-state index is -0.762. The maximum Gasteiger partial charge on any atom is 0.273 e. The number of nitrogens with zero attached hydrogens (tertiary/aromatic N) is 4. The molecule has 0 atom stereocenters. The van der Waals surface area contributed by atoms with Gasteiger partial charge in [0.05, 0.1) is 26.2 Å². The number of halogens is 3. The van der Waals surface area contributed by atoms with Crippen LogP contribution >= 0.6 is 34.5 Å². The van der Waals surface area contributed by atoms with Crippen LogP contribution in [0.15, 0.2) is 59.6 Å². The Morgan fingerprint density at radius 3 is 2.48 bits per heavy atom. The van der Waals surface area contributed by atoms with Gasteiger partial charge in [0.1, 0.15) is 17.1 Å². The Morgan fingerprint density at radius 1 is 1.07 bits per heavy atom. The van der Waals surface area contributed by atoms with Crippen molar-refractivity contribution in [2.75, 3.05) is 7.05 Å². The zero-order chi connectivity index (χ0) is 28.6. The second-order valence-electron chi connectivity index (χ2n) is 9.99. The quantitative estimate of drug-likeness (QED) is 0.217. The summed E-state index contributed by atoms with van der Waals surface area (Å²) >= 11 is 14.4. The van der Waals surface area contributed by atoms with Crippen LogP contribution in [0.4, 0.5) is 4.39 Å². The van der Waals surface area contributed by atoms with Crippen molar-refractivity contribution in [2.45, 2.75) is 45.6 Å². The molecule has 3 heterocycles. The molecule has 0 fully saturated rings. The molecule has 1 aliphatic rings. The highest BCUT2D eigenvalue weighted by Gasteiger charge is 2.42. The molecule has 0 spiro atoms. The first-order valence-electron chi connectivity index (χ1n) is 12.9. The first-order valence-corrected chi connectivity index (χ1v) is 14.5. The maximum atomic E-state index is 13.2. The summed E-state index contributed by atoms with van der Waals surface area (Å²) in [6, 6.07) is 15.8. The first kappa shape index (κ1) is 28.1. The van der Waals surface area contributed by atoms with Crippen LogP contribution in [-0.2, 0) is 17.6 Å². The molecule has 0 unspecified atom stereocenters. The number of amides is 1. The Balaban J connectivity index is 1.55. The molecule has 204 valence electrons. The third kappa shape index (κ3) is 5.32. The molecule has 0 aliphatic carbocycles. The summed E-state index contributed by atoms with van der Waals surface area (Å²) in [4.78, 5) is 20.9. The summed E-state index contributed by atoms with van der Waals surface area (Å²) in [6.07, 6.45) is 2.08. The number of aryl methyl sites for hydroxylation is 1. The van der Waals surface area contributed by atoms with Gasteiger partial charge in [0.2, 0.25) is 0 Å². The van der Waals surface area contributed by atoms with Crippen molar-refractivity contribution in [1.82, 2.24) is 14.7 Å². The van der Waals surface area contributed by atoms with Crippen LogP contribution in [0.3, 0.4) is 0 Å². The Morgan fingerprint density at radius 2 is 1.82 bits per heavy atom. The molecule has 1 amide bonds. The highest BCUT2D eigenvalue weighted by Crippen LogP contribution is 2.38. The van der Waals surface area contributed by atoms with Gasteiger partial charge in [0.25, 0.3) is 5.91 Å². The van der Waals surface area contributed by atoms with E-state index in [0.29, 0.717) is 40.1 Å². The van der Waals surface area contributed by atoms with Crippen LogP contribution in [0.25, 0.3) is 16.3 Å². The van der Waals surface area contributed by atoms with E-state index in [4.69, 9.17) is 28.3 Å². The van der Waals surface area contributed by atoms with Crippen molar-refractivity contribution in [2.24, 2.45) is 4.99 Å². The van der Waals surface area contributed by atoms with E-state index < -0.39 is 5.54 Å². The van der Waals surface area contributed by atoms with Crippen molar-refractivity contribution < 1.29 is 9.18 Å². The lowest BCUT2D eigenvalue weighted by molar-refractivity contribution is -0.123. The highest BCUT2D eigenvalue weighted by atomic mass is 35.5. The van der Waals surface area contributed by atoms with Gasteiger partial charge in [0, 0.05) is 24.1 Å². The summed E-state index contributed by atoms with van der Waals surface area (Å²) in [5, 5.41) is 5.97. The van der Waals surface area contributed by atoms with Crippen LogP contribution in [0.1, 0.15) is 48.9 Å². The standard InChI is InChI=1S/C31H27Cl2FN4OS/c1-5-23-27(29-35-30(39)31(2,3)37(29)4)36-38(25-16-12-20(32)18-24(25)33)28(23)26-17-15-22(40-26)9-7-6-8-19-10-13-21(34)14-11-19/h10-18H,5-6,8H2,1-4H3. The molecule has 5 rings (SSSR count). The van der Waals surface area contributed by atoms with Crippen LogP contribution in [0.5, 0.6) is 0 Å². The minimum absolute atomic E-state index is 0.206. The van der Waals surface area contributed by atoms with E-state index in [0.717, 1.165) is 33.0 Å². The summed E-state index contributed by atoms with van der Waals surface area (Å²) in [5.41, 5.74) is 3.44. The topological polar surface area (TPSA) is 50.5 Å². The van der Waals surface area contributed by atoms with E-state index in [1.807, 2.05) is 48.7 Å². The molecule has 0 N–H and O–H groups in total. The van der Waals surface area contributed by atoms with Crippen LogP contribution in [0, 0.1) is 17.7 Å². The minimum Gasteiger partial charge on any atom is -0.343 e. The number of amidine groups is 1. The lowest BCUT2D eigenvalue weighted by Crippen LogP contribution is -2.44. The zero-order valence-corrected chi connectivity index (χ0v) is 24.9. The van der Waals surface area contributed by atoms with Gasteiger partial charge in [-0.05, 0) is 74.7 Å². The van der Waals surface area contributed by atoms with Crippen molar-refractivity contribution in [3.05, 3.63) is 92.2 Å². The molecule has 0 bridgehead atoms. The summed E-state index contributed by atoms with van der Waals surface area (Å²) in [6.45, 7) is 5.77. The SMILES string of the molecule is CCc1c(C2=NC(=O)C(C)(C)N2C)nn(-c2ccc(Cl)cc2Cl)c1-c1ccc(C#CCCc2ccc(F)cc2)s1. The second kappa shape index (κ2) is 11.2. The van der Waals surface area contributed by atoms with Gasteiger partial charge in [-0.2, -0.15) is 10.1 Å². The largest absolute Gasteiger partial charge is 0.343 e.